The van der Waals surface area contributed by atoms with Crippen molar-refractivity contribution in [2.24, 2.45) is 0 Å². The molecule has 0 spiro atoms. The Balaban J connectivity index is 1.42. The zero-order chi connectivity index (χ0) is 18.5. The van der Waals surface area contributed by atoms with Gasteiger partial charge in [0.25, 0.3) is 5.91 Å². The number of hydrogen-bond donors (Lipinski definition) is 1. The normalized spacial score (nSPS) is 12.9. The fourth-order valence-electron chi connectivity index (χ4n) is 3.60. The zero-order valence-corrected chi connectivity index (χ0v) is 15.3. The van der Waals surface area contributed by atoms with Crippen LogP contribution in [-0.2, 0) is 17.6 Å². The Morgan fingerprint density at radius 3 is 2.44 bits per heavy atom. The van der Waals surface area contributed by atoms with Gasteiger partial charge in [0.2, 0.25) is 0 Å². The quantitative estimate of drug-likeness (QED) is 0.677. The lowest BCUT2D eigenvalue weighted by atomic mass is 9.92. The second-order valence-corrected chi connectivity index (χ2v) is 6.89. The zero-order valence-electron chi connectivity index (χ0n) is 15.3. The molecule has 0 unspecified atom stereocenters. The Morgan fingerprint density at radius 1 is 0.852 bits per heavy atom. The maximum Gasteiger partial charge on any atom is 0.262 e. The van der Waals surface area contributed by atoms with E-state index in [4.69, 9.17) is 4.74 Å². The fraction of sp³-hybridized carbons (Fsp3) is 0.208. The van der Waals surface area contributed by atoms with Crippen molar-refractivity contribution in [3.8, 4) is 16.9 Å². The number of fused-ring (bicyclic) bond motifs is 1. The number of carbonyl (C=O) groups excluding carboxylic acids is 1. The number of carbonyl (C=O) groups is 1. The minimum Gasteiger partial charge on any atom is -0.484 e. The van der Waals surface area contributed by atoms with Gasteiger partial charge in [-0.3, -0.25) is 4.79 Å². The van der Waals surface area contributed by atoms with Crippen molar-refractivity contribution >= 4 is 11.6 Å². The van der Waals surface area contributed by atoms with E-state index in [0.29, 0.717) is 0 Å². The van der Waals surface area contributed by atoms with Crippen molar-refractivity contribution in [1.82, 2.24) is 0 Å². The molecule has 0 aromatic heterocycles. The third-order valence-corrected chi connectivity index (χ3v) is 4.98. The van der Waals surface area contributed by atoms with Gasteiger partial charge in [0.1, 0.15) is 5.75 Å². The van der Waals surface area contributed by atoms with Crippen LogP contribution in [0.25, 0.3) is 11.1 Å². The summed E-state index contributed by atoms with van der Waals surface area (Å²) in [4.78, 5) is 12.4. The van der Waals surface area contributed by atoms with Crippen molar-refractivity contribution in [3.05, 3.63) is 83.9 Å². The molecule has 0 fully saturated rings. The molecule has 3 nitrogen and oxygen atoms in total. The largest absolute Gasteiger partial charge is 0.484 e. The molecular formula is C24H23NO2. The second kappa shape index (κ2) is 8.09. The van der Waals surface area contributed by atoms with E-state index in [1.54, 1.807) is 0 Å². The molecule has 0 radical (unpaired) electrons. The molecule has 0 saturated heterocycles. The van der Waals surface area contributed by atoms with Crippen molar-refractivity contribution in [3.63, 3.8) is 0 Å². The lowest BCUT2D eigenvalue weighted by Crippen LogP contribution is -2.20. The lowest BCUT2D eigenvalue weighted by molar-refractivity contribution is -0.118. The van der Waals surface area contributed by atoms with Gasteiger partial charge in [-0.1, -0.05) is 54.6 Å². The van der Waals surface area contributed by atoms with Crippen LogP contribution >= 0.6 is 0 Å². The summed E-state index contributed by atoms with van der Waals surface area (Å²) in [6.45, 7) is 0.00190. The van der Waals surface area contributed by atoms with Gasteiger partial charge in [-0.15, -0.1) is 0 Å². The summed E-state index contributed by atoms with van der Waals surface area (Å²) in [5.41, 5.74) is 5.63. The first-order valence-corrected chi connectivity index (χ1v) is 9.48. The summed E-state index contributed by atoms with van der Waals surface area (Å²) in [5, 5.41) is 2.98. The summed E-state index contributed by atoms with van der Waals surface area (Å²) in [7, 11) is 0. The molecule has 0 bridgehead atoms. The molecule has 136 valence electrons. The molecule has 3 aromatic rings. The van der Waals surface area contributed by atoms with E-state index < -0.39 is 0 Å². The number of rotatable bonds is 5. The third kappa shape index (κ3) is 4.20. The Hall–Kier alpha value is -3.07. The van der Waals surface area contributed by atoms with Gasteiger partial charge in [-0.2, -0.15) is 0 Å². The van der Waals surface area contributed by atoms with Crippen LogP contribution in [0.5, 0.6) is 5.75 Å². The number of aryl methyl sites for hydroxylation is 2. The average molecular weight is 357 g/mol. The molecule has 1 N–H and O–H groups in total. The summed E-state index contributed by atoms with van der Waals surface area (Å²) < 4.78 is 5.74. The maximum absolute atomic E-state index is 12.4. The molecule has 0 atom stereocenters. The summed E-state index contributed by atoms with van der Waals surface area (Å²) in [5.74, 6) is 0.609. The molecule has 3 aromatic carbocycles. The predicted molar refractivity (Wildman–Crippen MR) is 109 cm³/mol. The first kappa shape index (κ1) is 17.3. The summed E-state index contributed by atoms with van der Waals surface area (Å²) in [6, 6.07) is 24.0. The molecule has 4 rings (SSSR count). The standard InChI is InChI=1S/C24H23NO2/c26-24(17-27-21-15-14-18-8-4-5-11-20(18)16-21)25-23-13-7-6-12-22(23)19-9-2-1-3-10-19/h1-3,6-7,9-10,12-16H,4-5,8,11,17H2,(H,25,26). The van der Waals surface area contributed by atoms with Crippen LogP contribution in [0.3, 0.4) is 0 Å². The Kier molecular flexibility index (Phi) is 5.20. The molecule has 0 heterocycles. The van der Waals surface area contributed by atoms with Crippen LogP contribution < -0.4 is 10.1 Å². The number of hydrogen-bond acceptors (Lipinski definition) is 2. The van der Waals surface area contributed by atoms with Crippen molar-refractivity contribution in [2.75, 3.05) is 11.9 Å². The van der Waals surface area contributed by atoms with E-state index in [-0.39, 0.29) is 12.5 Å². The molecule has 3 heteroatoms. The highest BCUT2D eigenvalue weighted by atomic mass is 16.5. The highest BCUT2D eigenvalue weighted by Gasteiger charge is 2.12. The van der Waals surface area contributed by atoms with E-state index in [1.165, 1.54) is 24.0 Å². The maximum atomic E-state index is 12.4. The molecule has 1 amide bonds. The number of ether oxygens (including phenoxy) is 1. The van der Waals surface area contributed by atoms with Gasteiger partial charge in [0.15, 0.2) is 6.61 Å². The first-order valence-electron chi connectivity index (χ1n) is 9.48. The smallest absolute Gasteiger partial charge is 0.262 e. The lowest BCUT2D eigenvalue weighted by Gasteiger charge is -2.17. The van der Waals surface area contributed by atoms with E-state index >= 15 is 0 Å². The predicted octanol–water partition coefficient (Wildman–Crippen LogP) is 5.25. The SMILES string of the molecule is O=C(COc1ccc2c(c1)CCCC2)Nc1ccccc1-c1ccccc1. The second-order valence-electron chi connectivity index (χ2n) is 6.89. The first-order chi connectivity index (χ1) is 13.3. The minimum absolute atomic E-state index is 0.00190. The molecule has 0 saturated carbocycles. The summed E-state index contributed by atoms with van der Waals surface area (Å²) >= 11 is 0. The highest BCUT2D eigenvalue weighted by Crippen LogP contribution is 2.28. The van der Waals surface area contributed by atoms with Crippen LogP contribution in [-0.4, -0.2) is 12.5 Å². The monoisotopic (exact) mass is 357 g/mol. The van der Waals surface area contributed by atoms with Gasteiger partial charge in [0, 0.05) is 11.3 Å². The number of nitrogens with one attached hydrogen (secondary N) is 1. The average Bonchev–Trinajstić information content (AvgIpc) is 2.73. The number of amides is 1. The molecule has 1 aliphatic rings. The fourth-order valence-corrected chi connectivity index (χ4v) is 3.60. The number of para-hydroxylation sites is 1. The van der Waals surface area contributed by atoms with E-state index in [0.717, 1.165) is 35.4 Å². The van der Waals surface area contributed by atoms with Crippen LogP contribution in [0.15, 0.2) is 72.8 Å². The van der Waals surface area contributed by atoms with E-state index in [2.05, 4.69) is 17.4 Å². The molecule has 0 aliphatic heterocycles. The van der Waals surface area contributed by atoms with Crippen molar-refractivity contribution < 1.29 is 9.53 Å². The van der Waals surface area contributed by atoms with Gasteiger partial charge in [-0.05, 0) is 60.6 Å². The molecule has 27 heavy (non-hydrogen) atoms. The minimum atomic E-state index is -0.156. The Labute approximate surface area is 160 Å². The van der Waals surface area contributed by atoms with Gasteiger partial charge in [-0.25, -0.2) is 0 Å². The van der Waals surface area contributed by atoms with Gasteiger partial charge >= 0.3 is 0 Å². The van der Waals surface area contributed by atoms with Gasteiger partial charge in [0.05, 0.1) is 0 Å². The van der Waals surface area contributed by atoms with Crippen molar-refractivity contribution in [1.29, 1.82) is 0 Å². The van der Waals surface area contributed by atoms with Crippen LogP contribution in [0.2, 0.25) is 0 Å². The highest BCUT2D eigenvalue weighted by molar-refractivity contribution is 5.96. The molecular weight excluding hydrogens is 334 g/mol. The van der Waals surface area contributed by atoms with Crippen LogP contribution in [0.1, 0.15) is 24.0 Å². The van der Waals surface area contributed by atoms with E-state index in [9.17, 15) is 4.79 Å². The Morgan fingerprint density at radius 2 is 1.59 bits per heavy atom. The van der Waals surface area contributed by atoms with E-state index in [1.807, 2.05) is 60.7 Å². The van der Waals surface area contributed by atoms with Crippen LogP contribution in [0.4, 0.5) is 5.69 Å². The van der Waals surface area contributed by atoms with Gasteiger partial charge < -0.3 is 10.1 Å². The number of anilines is 1. The van der Waals surface area contributed by atoms with Crippen LogP contribution in [0, 0.1) is 0 Å². The number of benzene rings is 3. The van der Waals surface area contributed by atoms with Crippen molar-refractivity contribution in [2.45, 2.75) is 25.7 Å². The molecule has 1 aliphatic carbocycles. The third-order valence-electron chi connectivity index (χ3n) is 4.98. The Bertz CT molecular complexity index is 934. The summed E-state index contributed by atoms with van der Waals surface area (Å²) in [6.07, 6.45) is 4.74. The topological polar surface area (TPSA) is 38.3 Å².